The van der Waals surface area contributed by atoms with E-state index in [0.717, 1.165) is 21.6 Å². The van der Waals surface area contributed by atoms with Gasteiger partial charge in [-0.1, -0.05) is 6.07 Å². The van der Waals surface area contributed by atoms with Crippen molar-refractivity contribution in [1.29, 1.82) is 0 Å². The van der Waals surface area contributed by atoms with Crippen molar-refractivity contribution in [3.8, 4) is 11.5 Å². The van der Waals surface area contributed by atoms with Crippen molar-refractivity contribution in [3.63, 3.8) is 0 Å². The fourth-order valence-corrected chi connectivity index (χ4v) is 4.31. The average Bonchev–Trinajstić information content (AvgIpc) is 3.35. The Morgan fingerprint density at radius 2 is 1.89 bits per heavy atom. The number of nitrogens with one attached hydrogen (secondary N) is 2. The molecule has 0 fully saturated rings. The molecule has 3 aromatic rings. The number of carbonyl (C=O) groups excluding carboxylic acids is 1. The van der Waals surface area contributed by atoms with Crippen LogP contribution in [0.25, 0.3) is 0 Å². The Morgan fingerprint density at radius 3 is 2.49 bits per heavy atom. The predicted molar refractivity (Wildman–Crippen MR) is 122 cm³/mol. The molecule has 2 N–H and O–H groups in total. The molecule has 1 amide bonds. The third-order valence-corrected chi connectivity index (χ3v) is 6.32. The zero-order chi connectivity index (χ0) is 25.5. The van der Waals surface area contributed by atoms with Gasteiger partial charge in [-0.2, -0.15) is 23.4 Å². The normalized spacial score (nSPS) is 17.5. The summed E-state index contributed by atoms with van der Waals surface area (Å²) in [7, 11) is 4.75. The Balaban J connectivity index is 1.60. The van der Waals surface area contributed by atoms with Crippen LogP contribution in [0.1, 0.15) is 51.5 Å². The molecule has 1 aliphatic rings. The van der Waals surface area contributed by atoms with Gasteiger partial charge >= 0.3 is 6.18 Å². The summed E-state index contributed by atoms with van der Waals surface area (Å²) in [4.78, 5) is 12.8. The van der Waals surface area contributed by atoms with Crippen molar-refractivity contribution in [3.05, 3.63) is 52.5 Å². The largest absolute Gasteiger partial charge is 0.493 e. The first-order valence-electron chi connectivity index (χ1n) is 11.0. The van der Waals surface area contributed by atoms with Crippen molar-refractivity contribution >= 4 is 11.7 Å². The Bertz CT molecular complexity index is 1250. The number of halogens is 3. The number of hydrogen-bond donors (Lipinski definition) is 2. The minimum Gasteiger partial charge on any atom is -0.493 e. The van der Waals surface area contributed by atoms with Crippen molar-refractivity contribution in [2.24, 2.45) is 7.05 Å². The minimum atomic E-state index is -4.56. The van der Waals surface area contributed by atoms with Crippen LogP contribution < -0.4 is 20.1 Å². The van der Waals surface area contributed by atoms with Gasteiger partial charge in [0, 0.05) is 37.3 Å². The van der Waals surface area contributed by atoms with Gasteiger partial charge in [-0.15, -0.1) is 0 Å². The van der Waals surface area contributed by atoms with Crippen LogP contribution in [0, 0.1) is 13.8 Å². The van der Waals surface area contributed by atoms with E-state index in [4.69, 9.17) is 9.47 Å². The van der Waals surface area contributed by atoms with E-state index in [0.29, 0.717) is 17.1 Å². The van der Waals surface area contributed by atoms with Crippen LogP contribution in [0.5, 0.6) is 11.5 Å². The lowest BCUT2D eigenvalue weighted by Gasteiger charge is -2.33. The molecule has 0 saturated carbocycles. The number of alkyl halides is 3. The van der Waals surface area contributed by atoms with Crippen LogP contribution in [0.15, 0.2) is 24.3 Å². The van der Waals surface area contributed by atoms with E-state index in [9.17, 15) is 18.0 Å². The molecule has 2 atom stereocenters. The number of anilines is 1. The Hall–Kier alpha value is -3.70. The van der Waals surface area contributed by atoms with Gasteiger partial charge in [0.1, 0.15) is 5.82 Å². The summed E-state index contributed by atoms with van der Waals surface area (Å²) in [6.07, 6.45) is -4.86. The standard InChI is InChI=1S/C23H27F3N6O3/c1-12-15(13(2)31(3)29-12)11-27-22(33)17-10-21-28-16(9-20(23(24,25)26)32(21)30-17)14-6-7-18(34-4)19(8-14)35-5/h6-8,10,16,20,28H,9,11H2,1-5H3,(H,27,33)/t16-,20-/m1/s1. The number of nitrogens with zero attached hydrogens (tertiary/aromatic N) is 4. The number of rotatable bonds is 6. The monoisotopic (exact) mass is 492 g/mol. The average molecular weight is 493 g/mol. The lowest BCUT2D eigenvalue weighted by molar-refractivity contribution is -0.173. The van der Waals surface area contributed by atoms with E-state index in [2.05, 4.69) is 20.8 Å². The number of carbonyl (C=O) groups is 1. The first kappa shape index (κ1) is 24.4. The first-order chi connectivity index (χ1) is 16.5. The third-order valence-electron chi connectivity index (χ3n) is 6.32. The maximum atomic E-state index is 14.0. The van der Waals surface area contributed by atoms with Crippen LogP contribution in [0.3, 0.4) is 0 Å². The highest BCUT2D eigenvalue weighted by Crippen LogP contribution is 2.44. The van der Waals surface area contributed by atoms with Crippen molar-refractivity contribution in [2.45, 2.75) is 45.1 Å². The molecule has 9 nitrogen and oxygen atoms in total. The summed E-state index contributed by atoms with van der Waals surface area (Å²) >= 11 is 0. The molecule has 3 heterocycles. The van der Waals surface area contributed by atoms with Crippen LogP contribution in [0.4, 0.5) is 19.0 Å². The SMILES string of the molecule is COc1ccc([C@H]2C[C@H](C(F)(F)F)n3nc(C(=O)NCc4c(C)nn(C)c4C)cc3N2)cc1OC. The Labute approximate surface area is 200 Å². The predicted octanol–water partition coefficient (Wildman–Crippen LogP) is 3.84. The van der Waals surface area contributed by atoms with E-state index in [-0.39, 0.29) is 24.5 Å². The molecule has 2 aromatic heterocycles. The second-order valence-electron chi connectivity index (χ2n) is 8.42. The van der Waals surface area contributed by atoms with Gasteiger partial charge in [0.05, 0.1) is 26.0 Å². The molecule has 0 radical (unpaired) electrons. The van der Waals surface area contributed by atoms with E-state index < -0.39 is 24.2 Å². The van der Waals surface area contributed by atoms with Gasteiger partial charge < -0.3 is 20.1 Å². The first-order valence-corrected chi connectivity index (χ1v) is 11.0. The summed E-state index contributed by atoms with van der Waals surface area (Å²) < 4.78 is 55.1. The maximum Gasteiger partial charge on any atom is 0.410 e. The summed E-state index contributed by atoms with van der Waals surface area (Å²) in [5.74, 6) is 0.426. The Kier molecular flexibility index (Phi) is 6.39. The summed E-state index contributed by atoms with van der Waals surface area (Å²) in [5, 5.41) is 14.1. The van der Waals surface area contributed by atoms with E-state index in [1.54, 1.807) is 29.9 Å². The van der Waals surface area contributed by atoms with Crippen LogP contribution in [-0.2, 0) is 13.6 Å². The quantitative estimate of drug-likeness (QED) is 0.543. The lowest BCUT2D eigenvalue weighted by atomic mass is 9.96. The van der Waals surface area contributed by atoms with E-state index in [1.807, 2.05) is 13.8 Å². The molecule has 0 bridgehead atoms. The van der Waals surface area contributed by atoms with Crippen molar-refractivity contribution < 1.29 is 27.4 Å². The molecule has 35 heavy (non-hydrogen) atoms. The van der Waals surface area contributed by atoms with Crippen molar-refractivity contribution in [2.75, 3.05) is 19.5 Å². The van der Waals surface area contributed by atoms with Gasteiger partial charge in [0.25, 0.3) is 5.91 Å². The molecule has 1 aliphatic heterocycles. The zero-order valence-corrected chi connectivity index (χ0v) is 20.0. The molecule has 4 rings (SSSR count). The van der Waals surface area contributed by atoms with Gasteiger partial charge in [0.15, 0.2) is 23.2 Å². The van der Waals surface area contributed by atoms with Crippen molar-refractivity contribution in [1.82, 2.24) is 24.9 Å². The summed E-state index contributed by atoms with van der Waals surface area (Å²) in [6, 6.07) is 3.73. The second-order valence-corrected chi connectivity index (χ2v) is 8.42. The number of ether oxygens (including phenoxy) is 2. The number of benzene rings is 1. The second kappa shape index (κ2) is 9.16. The summed E-state index contributed by atoms with van der Waals surface area (Å²) in [5.41, 5.74) is 3.01. The number of aryl methyl sites for hydroxylation is 2. The molecule has 0 unspecified atom stereocenters. The highest BCUT2D eigenvalue weighted by atomic mass is 19.4. The van der Waals surface area contributed by atoms with Gasteiger partial charge in [-0.25, -0.2) is 4.68 Å². The van der Waals surface area contributed by atoms with E-state index in [1.165, 1.54) is 20.3 Å². The maximum absolute atomic E-state index is 14.0. The molecule has 12 heteroatoms. The number of fused-ring (bicyclic) bond motifs is 1. The molecule has 188 valence electrons. The molecule has 0 aliphatic carbocycles. The van der Waals surface area contributed by atoms with E-state index >= 15 is 0 Å². The highest BCUT2D eigenvalue weighted by Gasteiger charge is 2.47. The van der Waals surface area contributed by atoms with Gasteiger partial charge in [-0.05, 0) is 31.5 Å². The molecular weight excluding hydrogens is 465 g/mol. The third kappa shape index (κ3) is 4.64. The topological polar surface area (TPSA) is 95.2 Å². The molecule has 0 saturated heterocycles. The number of amides is 1. The minimum absolute atomic E-state index is 0.103. The number of aromatic nitrogens is 4. The van der Waals surface area contributed by atoms with Crippen LogP contribution in [0.2, 0.25) is 0 Å². The summed E-state index contributed by atoms with van der Waals surface area (Å²) in [6.45, 7) is 3.90. The van der Waals surface area contributed by atoms with Gasteiger partial charge in [-0.3, -0.25) is 9.48 Å². The molecule has 1 aromatic carbocycles. The lowest BCUT2D eigenvalue weighted by Crippen LogP contribution is -2.35. The van der Waals surface area contributed by atoms with Crippen LogP contribution in [-0.4, -0.2) is 45.9 Å². The van der Waals surface area contributed by atoms with Crippen LogP contribution >= 0.6 is 0 Å². The fourth-order valence-electron chi connectivity index (χ4n) is 4.31. The smallest absolute Gasteiger partial charge is 0.410 e. The number of hydrogen-bond acceptors (Lipinski definition) is 6. The fraction of sp³-hybridized carbons (Fsp3) is 0.435. The number of methoxy groups -OCH3 is 2. The zero-order valence-electron chi connectivity index (χ0n) is 20.0. The Morgan fingerprint density at radius 1 is 1.17 bits per heavy atom. The highest BCUT2D eigenvalue weighted by molar-refractivity contribution is 5.93. The van der Waals surface area contributed by atoms with Gasteiger partial charge in [0.2, 0.25) is 0 Å². The molecule has 0 spiro atoms. The molecular formula is C23H27F3N6O3.